The van der Waals surface area contributed by atoms with Gasteiger partial charge in [0.05, 0.1) is 11.8 Å². The van der Waals surface area contributed by atoms with Crippen molar-refractivity contribution in [2.75, 3.05) is 31.1 Å². The highest BCUT2D eigenvalue weighted by Crippen LogP contribution is 2.24. The van der Waals surface area contributed by atoms with Gasteiger partial charge in [0.2, 0.25) is 5.91 Å². The molecule has 3 rings (SSSR count). The second-order valence-corrected chi connectivity index (χ2v) is 6.75. The van der Waals surface area contributed by atoms with Crippen LogP contribution in [-0.4, -0.2) is 43.3 Å². The largest absolute Gasteiger partial charge is 0.393 e. The summed E-state index contributed by atoms with van der Waals surface area (Å²) in [5.74, 6) is -0.138. The number of anilines is 1. The van der Waals surface area contributed by atoms with Crippen LogP contribution >= 0.6 is 0 Å². The highest BCUT2D eigenvalue weighted by molar-refractivity contribution is 5.78. The van der Waals surface area contributed by atoms with Gasteiger partial charge < -0.3 is 20.6 Å². The van der Waals surface area contributed by atoms with Crippen LogP contribution in [0.25, 0.3) is 0 Å². The molecule has 2 saturated heterocycles. The number of amides is 1. The van der Waals surface area contributed by atoms with Gasteiger partial charge >= 0.3 is 0 Å². The predicted molar refractivity (Wildman–Crippen MR) is 91.3 cm³/mol. The fourth-order valence-corrected chi connectivity index (χ4v) is 3.44. The number of hydrogen-bond acceptors (Lipinski definition) is 4. The first-order chi connectivity index (χ1) is 11.6. The molecule has 2 heterocycles. The van der Waals surface area contributed by atoms with Gasteiger partial charge in [0.15, 0.2) is 0 Å². The molecular formula is C18H26FN3O2. The third kappa shape index (κ3) is 4.24. The highest BCUT2D eigenvalue weighted by atomic mass is 19.1. The normalized spacial score (nSPS) is 20.2. The van der Waals surface area contributed by atoms with E-state index in [0.717, 1.165) is 31.5 Å². The zero-order valence-electron chi connectivity index (χ0n) is 13.9. The Labute approximate surface area is 142 Å². The minimum Gasteiger partial charge on any atom is -0.393 e. The molecule has 1 aromatic carbocycles. The maximum Gasteiger partial charge on any atom is 0.223 e. The van der Waals surface area contributed by atoms with E-state index in [1.54, 1.807) is 6.07 Å². The van der Waals surface area contributed by atoms with Crippen LogP contribution in [0, 0.1) is 11.7 Å². The molecule has 0 saturated carbocycles. The van der Waals surface area contributed by atoms with Crippen molar-refractivity contribution in [1.29, 1.82) is 0 Å². The van der Waals surface area contributed by atoms with E-state index < -0.39 is 0 Å². The first kappa shape index (κ1) is 17.2. The Morgan fingerprint density at radius 2 is 1.96 bits per heavy atom. The van der Waals surface area contributed by atoms with E-state index in [2.05, 4.69) is 10.6 Å². The molecule has 2 aliphatic rings. The summed E-state index contributed by atoms with van der Waals surface area (Å²) in [5.41, 5.74) is 1.35. The minimum absolute atomic E-state index is 0.0611. The Bertz CT molecular complexity index is 567. The first-order valence-corrected chi connectivity index (χ1v) is 8.83. The quantitative estimate of drug-likeness (QED) is 0.778. The molecule has 0 spiro atoms. The summed E-state index contributed by atoms with van der Waals surface area (Å²) in [5, 5.41) is 15.7. The fraction of sp³-hybridized carbons (Fsp3) is 0.611. The number of carbonyl (C=O) groups is 1. The lowest BCUT2D eigenvalue weighted by molar-refractivity contribution is -0.125. The Kier molecular flexibility index (Phi) is 5.68. The van der Waals surface area contributed by atoms with Gasteiger partial charge in [0.25, 0.3) is 0 Å². The molecule has 1 amide bonds. The van der Waals surface area contributed by atoms with E-state index in [9.17, 15) is 14.3 Å². The second kappa shape index (κ2) is 7.94. The van der Waals surface area contributed by atoms with Crippen LogP contribution in [0.4, 0.5) is 10.1 Å². The van der Waals surface area contributed by atoms with Crippen LogP contribution in [0.2, 0.25) is 0 Å². The lowest BCUT2D eigenvalue weighted by atomic mass is 9.97. The van der Waals surface area contributed by atoms with Gasteiger partial charge in [-0.15, -0.1) is 0 Å². The van der Waals surface area contributed by atoms with Gasteiger partial charge in [-0.1, -0.05) is 6.07 Å². The summed E-state index contributed by atoms with van der Waals surface area (Å²) in [6, 6.07) is 5.15. The van der Waals surface area contributed by atoms with Crippen LogP contribution in [0.3, 0.4) is 0 Å². The second-order valence-electron chi connectivity index (χ2n) is 6.75. The summed E-state index contributed by atoms with van der Waals surface area (Å²) in [6.07, 6.45) is 2.80. The van der Waals surface area contributed by atoms with Gasteiger partial charge in [-0.25, -0.2) is 4.39 Å². The molecule has 132 valence electrons. The third-order valence-electron chi connectivity index (χ3n) is 4.99. The van der Waals surface area contributed by atoms with Crippen LogP contribution in [-0.2, 0) is 11.3 Å². The molecule has 0 bridgehead atoms. The van der Waals surface area contributed by atoms with Crippen molar-refractivity contribution in [3.05, 3.63) is 29.6 Å². The molecule has 0 aliphatic carbocycles. The lowest BCUT2D eigenvalue weighted by Crippen LogP contribution is -2.38. The van der Waals surface area contributed by atoms with Gasteiger partial charge in [-0.3, -0.25) is 4.79 Å². The molecule has 0 radical (unpaired) electrons. The van der Waals surface area contributed by atoms with Crippen molar-refractivity contribution >= 4 is 11.6 Å². The van der Waals surface area contributed by atoms with Gasteiger partial charge in [-0.05, 0) is 56.5 Å². The van der Waals surface area contributed by atoms with Gasteiger partial charge in [0, 0.05) is 25.6 Å². The van der Waals surface area contributed by atoms with Crippen LogP contribution in [0.15, 0.2) is 18.2 Å². The minimum atomic E-state index is -0.270. The number of nitrogens with one attached hydrogen (secondary N) is 2. The summed E-state index contributed by atoms with van der Waals surface area (Å²) >= 11 is 0. The van der Waals surface area contributed by atoms with Crippen molar-refractivity contribution < 1.29 is 14.3 Å². The van der Waals surface area contributed by atoms with E-state index in [0.29, 0.717) is 38.2 Å². The standard InChI is InChI=1S/C18H26FN3O2/c19-16-11-13(12-21-18(24)14-3-7-20-8-4-14)1-2-17(16)22-9-5-15(23)6-10-22/h1-2,11,14-15,20,23H,3-10,12H2,(H,21,24). The molecule has 2 aliphatic heterocycles. The van der Waals surface area contributed by atoms with E-state index in [1.165, 1.54) is 6.07 Å². The number of aliphatic hydroxyl groups is 1. The highest BCUT2D eigenvalue weighted by Gasteiger charge is 2.21. The average molecular weight is 335 g/mol. The molecule has 24 heavy (non-hydrogen) atoms. The summed E-state index contributed by atoms with van der Waals surface area (Å²) in [7, 11) is 0. The Morgan fingerprint density at radius 3 is 2.62 bits per heavy atom. The molecule has 0 atom stereocenters. The Morgan fingerprint density at radius 1 is 1.25 bits per heavy atom. The zero-order valence-corrected chi connectivity index (χ0v) is 13.9. The van der Waals surface area contributed by atoms with E-state index >= 15 is 0 Å². The number of benzene rings is 1. The van der Waals surface area contributed by atoms with Gasteiger partial charge in [-0.2, -0.15) is 0 Å². The first-order valence-electron chi connectivity index (χ1n) is 8.83. The van der Waals surface area contributed by atoms with Crippen molar-refractivity contribution in [1.82, 2.24) is 10.6 Å². The number of piperidine rings is 2. The number of hydrogen-bond donors (Lipinski definition) is 3. The molecule has 2 fully saturated rings. The smallest absolute Gasteiger partial charge is 0.223 e. The SMILES string of the molecule is O=C(NCc1ccc(N2CCC(O)CC2)c(F)c1)C1CCNCC1. The predicted octanol–water partition coefficient (Wildman–Crippen LogP) is 1.40. The number of rotatable bonds is 4. The molecular weight excluding hydrogens is 309 g/mol. The van der Waals surface area contributed by atoms with Crippen LogP contribution in [0.1, 0.15) is 31.2 Å². The number of nitrogens with zero attached hydrogens (tertiary/aromatic N) is 1. The van der Waals surface area contributed by atoms with Crippen LogP contribution < -0.4 is 15.5 Å². The van der Waals surface area contributed by atoms with Crippen LogP contribution in [0.5, 0.6) is 0 Å². The zero-order chi connectivity index (χ0) is 16.9. The fourth-order valence-electron chi connectivity index (χ4n) is 3.44. The lowest BCUT2D eigenvalue weighted by Gasteiger charge is -2.31. The number of carbonyl (C=O) groups excluding carboxylic acids is 1. The maximum absolute atomic E-state index is 14.4. The topological polar surface area (TPSA) is 64.6 Å². The monoisotopic (exact) mass is 335 g/mol. The van der Waals surface area contributed by atoms with Crippen molar-refractivity contribution in [3.63, 3.8) is 0 Å². The van der Waals surface area contributed by atoms with Crippen molar-refractivity contribution in [2.24, 2.45) is 5.92 Å². The average Bonchev–Trinajstić information content (AvgIpc) is 2.61. The van der Waals surface area contributed by atoms with Crippen molar-refractivity contribution in [2.45, 2.75) is 38.3 Å². The summed E-state index contributed by atoms with van der Waals surface area (Å²) in [6.45, 7) is 3.46. The Hall–Kier alpha value is -1.66. The summed E-state index contributed by atoms with van der Waals surface area (Å²) < 4.78 is 14.4. The molecule has 5 nitrogen and oxygen atoms in total. The Balaban J connectivity index is 1.55. The number of aliphatic hydroxyl groups excluding tert-OH is 1. The van der Waals surface area contributed by atoms with Gasteiger partial charge in [0.1, 0.15) is 5.82 Å². The number of halogens is 1. The van der Waals surface area contributed by atoms with E-state index in [1.807, 2.05) is 11.0 Å². The molecule has 0 aromatic heterocycles. The molecule has 1 aromatic rings. The maximum atomic E-state index is 14.4. The van der Waals surface area contributed by atoms with Crippen molar-refractivity contribution in [3.8, 4) is 0 Å². The molecule has 0 unspecified atom stereocenters. The third-order valence-corrected chi connectivity index (χ3v) is 4.99. The summed E-state index contributed by atoms with van der Waals surface area (Å²) in [4.78, 5) is 14.1. The van der Waals surface area contributed by atoms with E-state index in [4.69, 9.17) is 0 Å². The van der Waals surface area contributed by atoms with E-state index in [-0.39, 0.29) is 23.7 Å². The molecule has 6 heteroatoms. The molecule has 3 N–H and O–H groups in total.